The van der Waals surface area contributed by atoms with Crippen LogP contribution in [0.25, 0.3) is 21.8 Å². The Morgan fingerprint density at radius 1 is 0.688 bits per heavy atom. The zero-order chi connectivity index (χ0) is 22.8. The predicted molar refractivity (Wildman–Crippen MR) is 114 cm³/mol. The summed E-state index contributed by atoms with van der Waals surface area (Å²) >= 11 is 0. The predicted octanol–water partition coefficient (Wildman–Crippen LogP) is 1.91. The van der Waals surface area contributed by atoms with Gasteiger partial charge in [0.15, 0.2) is 11.5 Å². The van der Waals surface area contributed by atoms with Gasteiger partial charge in [-0.25, -0.2) is 9.59 Å². The topological polar surface area (TPSA) is 170 Å². The second-order valence-electron chi connectivity index (χ2n) is 6.73. The van der Waals surface area contributed by atoms with Crippen molar-refractivity contribution in [1.82, 2.24) is 9.97 Å². The first kappa shape index (κ1) is 20.4. The van der Waals surface area contributed by atoms with Crippen molar-refractivity contribution in [3.63, 3.8) is 0 Å². The first-order chi connectivity index (χ1) is 15.3. The minimum absolute atomic E-state index is 0.223. The fourth-order valence-electron chi connectivity index (χ4n) is 3.10. The van der Waals surface area contributed by atoms with Crippen LogP contribution in [-0.2, 0) is 9.59 Å². The Morgan fingerprint density at radius 3 is 1.47 bits per heavy atom. The van der Waals surface area contributed by atoms with Gasteiger partial charge in [-0.2, -0.15) is 0 Å². The molecule has 4 rings (SSSR count). The summed E-state index contributed by atoms with van der Waals surface area (Å²) in [6.45, 7) is 0. The van der Waals surface area contributed by atoms with Crippen LogP contribution in [0, 0.1) is 0 Å². The van der Waals surface area contributed by atoms with Crippen LogP contribution in [-0.4, -0.2) is 33.7 Å². The molecule has 10 heteroatoms. The molecule has 0 spiro atoms. The summed E-state index contributed by atoms with van der Waals surface area (Å²) in [5.41, 5.74) is 12.2. The normalized spacial score (nSPS) is 11.1. The van der Waals surface area contributed by atoms with Gasteiger partial charge >= 0.3 is 11.9 Å². The molecule has 0 radical (unpaired) electrons. The molecule has 4 aromatic rings. The number of benzene rings is 2. The van der Waals surface area contributed by atoms with Crippen molar-refractivity contribution < 1.29 is 28.7 Å². The van der Waals surface area contributed by atoms with Crippen LogP contribution < -0.4 is 20.9 Å². The number of rotatable bonds is 6. The Morgan fingerprint density at radius 2 is 1.09 bits per heavy atom. The molecule has 2 heterocycles. The number of amides is 2. The maximum atomic E-state index is 12.1. The summed E-state index contributed by atoms with van der Waals surface area (Å²) in [7, 11) is 0. The van der Waals surface area contributed by atoms with Crippen molar-refractivity contribution in [3.8, 4) is 11.5 Å². The molecule has 0 aliphatic heterocycles. The SMILES string of the molecule is NC(=O)c1ccc2c(OC(=O)/C=C/C(=O)Oc3c[nH]c4cc(C(N)=O)ccc34)c[nH]c2c1. The van der Waals surface area contributed by atoms with Crippen LogP contribution in [0.5, 0.6) is 11.5 Å². The zero-order valence-electron chi connectivity index (χ0n) is 16.4. The van der Waals surface area contributed by atoms with Gasteiger partial charge in [-0.15, -0.1) is 0 Å². The molecule has 160 valence electrons. The van der Waals surface area contributed by atoms with Gasteiger partial charge in [0, 0.05) is 46.4 Å². The van der Waals surface area contributed by atoms with Crippen molar-refractivity contribution in [2.45, 2.75) is 0 Å². The van der Waals surface area contributed by atoms with Gasteiger partial charge in [0.25, 0.3) is 0 Å². The quantitative estimate of drug-likeness (QED) is 0.268. The minimum Gasteiger partial charge on any atom is -0.421 e. The molecule has 0 aliphatic carbocycles. The van der Waals surface area contributed by atoms with Crippen molar-refractivity contribution in [3.05, 3.63) is 72.1 Å². The van der Waals surface area contributed by atoms with E-state index >= 15 is 0 Å². The fraction of sp³-hybridized carbons (Fsp3) is 0. The molecule has 0 aliphatic rings. The van der Waals surface area contributed by atoms with E-state index in [0.717, 1.165) is 12.2 Å². The van der Waals surface area contributed by atoms with Gasteiger partial charge in [0.1, 0.15) is 0 Å². The number of aromatic nitrogens is 2. The third-order valence-electron chi connectivity index (χ3n) is 4.63. The number of carbonyl (C=O) groups is 4. The first-order valence-corrected chi connectivity index (χ1v) is 9.25. The molecule has 0 saturated carbocycles. The maximum absolute atomic E-state index is 12.1. The first-order valence-electron chi connectivity index (χ1n) is 9.25. The lowest BCUT2D eigenvalue weighted by molar-refractivity contribution is -0.131. The Hall–Kier alpha value is -4.86. The number of hydrogen-bond acceptors (Lipinski definition) is 6. The van der Waals surface area contributed by atoms with E-state index in [-0.39, 0.29) is 11.5 Å². The molecule has 0 bridgehead atoms. The molecule has 0 atom stereocenters. The van der Waals surface area contributed by atoms with Gasteiger partial charge in [-0.1, -0.05) is 0 Å². The van der Waals surface area contributed by atoms with Crippen molar-refractivity contribution >= 4 is 45.6 Å². The molecular formula is C22H16N4O6. The van der Waals surface area contributed by atoms with Gasteiger partial charge < -0.3 is 30.9 Å². The van der Waals surface area contributed by atoms with Gasteiger partial charge in [0.2, 0.25) is 11.8 Å². The monoisotopic (exact) mass is 432 g/mol. The van der Waals surface area contributed by atoms with Crippen LogP contribution in [0.15, 0.2) is 60.9 Å². The second kappa shape index (κ2) is 8.11. The number of nitrogens with one attached hydrogen (secondary N) is 2. The van der Waals surface area contributed by atoms with E-state index in [1.165, 1.54) is 36.7 Å². The maximum Gasteiger partial charge on any atom is 0.336 e. The number of primary amides is 2. The Labute approximate surface area is 179 Å². The highest BCUT2D eigenvalue weighted by atomic mass is 16.5. The molecule has 0 fully saturated rings. The van der Waals surface area contributed by atoms with E-state index in [9.17, 15) is 19.2 Å². The largest absolute Gasteiger partial charge is 0.421 e. The average Bonchev–Trinajstić information content (AvgIpc) is 3.35. The number of hydrogen-bond donors (Lipinski definition) is 4. The van der Waals surface area contributed by atoms with Crippen LogP contribution in [0.4, 0.5) is 0 Å². The summed E-state index contributed by atoms with van der Waals surface area (Å²) in [6.07, 6.45) is 4.76. The molecule has 2 amide bonds. The summed E-state index contributed by atoms with van der Waals surface area (Å²) < 4.78 is 10.5. The lowest BCUT2D eigenvalue weighted by Gasteiger charge is -2.01. The Bertz CT molecular complexity index is 1320. The fourth-order valence-corrected chi connectivity index (χ4v) is 3.10. The third-order valence-corrected chi connectivity index (χ3v) is 4.63. The lowest BCUT2D eigenvalue weighted by atomic mass is 10.1. The smallest absolute Gasteiger partial charge is 0.336 e. The van der Waals surface area contributed by atoms with Gasteiger partial charge in [-0.05, 0) is 36.4 Å². The summed E-state index contributed by atoms with van der Waals surface area (Å²) in [4.78, 5) is 52.5. The van der Waals surface area contributed by atoms with E-state index in [4.69, 9.17) is 20.9 Å². The van der Waals surface area contributed by atoms with E-state index in [2.05, 4.69) is 9.97 Å². The van der Waals surface area contributed by atoms with E-state index in [1.807, 2.05) is 0 Å². The van der Waals surface area contributed by atoms with Crippen LogP contribution in [0.3, 0.4) is 0 Å². The number of ether oxygens (including phenoxy) is 2. The summed E-state index contributed by atoms with van der Waals surface area (Å²) in [5.74, 6) is -2.31. The molecule has 2 aromatic carbocycles. The van der Waals surface area contributed by atoms with Gasteiger partial charge in [-0.3, -0.25) is 9.59 Å². The highest BCUT2D eigenvalue weighted by Crippen LogP contribution is 2.27. The standard InChI is InChI=1S/C22H16N4O6/c23-21(29)11-1-3-13-15(7-11)25-9-17(13)31-19(27)5-6-20(28)32-18-10-26-16-8-12(22(24)30)2-4-14(16)18/h1-10,25-26H,(H2,23,29)(H2,24,30)/b6-5+. The van der Waals surface area contributed by atoms with Crippen molar-refractivity contribution in [2.24, 2.45) is 11.5 Å². The minimum atomic E-state index is -0.799. The Balaban J connectivity index is 1.42. The lowest BCUT2D eigenvalue weighted by Crippen LogP contribution is -2.10. The molecular weight excluding hydrogens is 416 g/mol. The summed E-state index contributed by atoms with van der Waals surface area (Å²) in [5, 5.41) is 1.13. The number of aromatic amines is 2. The number of fused-ring (bicyclic) bond motifs is 2. The average molecular weight is 432 g/mol. The molecule has 10 nitrogen and oxygen atoms in total. The van der Waals surface area contributed by atoms with Crippen molar-refractivity contribution in [2.75, 3.05) is 0 Å². The van der Waals surface area contributed by atoms with E-state index in [1.54, 1.807) is 12.1 Å². The second-order valence-corrected chi connectivity index (χ2v) is 6.73. The van der Waals surface area contributed by atoms with Crippen LogP contribution in [0.2, 0.25) is 0 Å². The molecule has 0 unspecified atom stereocenters. The van der Waals surface area contributed by atoms with Gasteiger partial charge in [0.05, 0.1) is 11.0 Å². The molecule has 2 aromatic heterocycles. The van der Waals surface area contributed by atoms with E-state index < -0.39 is 23.8 Å². The molecule has 32 heavy (non-hydrogen) atoms. The molecule has 6 N–H and O–H groups in total. The van der Waals surface area contributed by atoms with Crippen LogP contribution >= 0.6 is 0 Å². The zero-order valence-corrected chi connectivity index (χ0v) is 16.4. The third kappa shape index (κ3) is 4.05. The van der Waals surface area contributed by atoms with Crippen molar-refractivity contribution in [1.29, 1.82) is 0 Å². The number of H-pyrrole nitrogens is 2. The highest BCUT2D eigenvalue weighted by Gasteiger charge is 2.13. The number of esters is 2. The number of carbonyl (C=O) groups excluding carboxylic acids is 4. The highest BCUT2D eigenvalue weighted by molar-refractivity contribution is 6.01. The summed E-state index contributed by atoms with van der Waals surface area (Å²) in [6, 6.07) is 9.28. The van der Waals surface area contributed by atoms with E-state index in [0.29, 0.717) is 32.9 Å². The molecule has 0 saturated heterocycles. The Kier molecular flexibility index (Phi) is 5.17. The number of nitrogens with two attached hydrogens (primary N) is 2. The van der Waals surface area contributed by atoms with Crippen LogP contribution in [0.1, 0.15) is 20.7 Å².